The molecule has 33 heavy (non-hydrogen) atoms. The van der Waals surface area contributed by atoms with Crippen LogP contribution in [0.15, 0.2) is 35.9 Å². The lowest BCUT2D eigenvalue weighted by molar-refractivity contribution is 0.207. The molecule has 9 heteroatoms. The molecule has 3 aliphatic rings. The number of hydrogen-bond acceptors (Lipinski definition) is 6. The van der Waals surface area contributed by atoms with E-state index in [1.54, 1.807) is 0 Å². The maximum atomic E-state index is 14.4. The number of allylic oxidation sites excluding steroid dienone is 1. The van der Waals surface area contributed by atoms with Gasteiger partial charge in [-0.1, -0.05) is 6.92 Å². The van der Waals surface area contributed by atoms with Gasteiger partial charge in [-0.25, -0.2) is 9.37 Å². The number of nitrogens with zero attached hydrogens (tertiary/aromatic N) is 3. The molecule has 0 bridgehead atoms. The quantitative estimate of drug-likeness (QED) is 0.426. The molecule has 5 unspecified atom stereocenters. The predicted molar refractivity (Wildman–Crippen MR) is 135 cm³/mol. The average molecular weight is 497 g/mol. The highest BCUT2D eigenvalue weighted by Crippen LogP contribution is 2.38. The Labute approximate surface area is 206 Å². The van der Waals surface area contributed by atoms with Crippen LogP contribution in [0, 0.1) is 11.8 Å². The average Bonchev–Trinajstić information content (AvgIpc) is 3.34. The Morgan fingerprint density at radius 2 is 2.00 bits per heavy atom. The van der Waals surface area contributed by atoms with E-state index in [0.717, 1.165) is 43.3 Å². The molecule has 0 spiro atoms. The lowest BCUT2D eigenvalue weighted by Gasteiger charge is -2.38. The van der Waals surface area contributed by atoms with Crippen LogP contribution in [0.5, 0.6) is 0 Å². The fourth-order valence-corrected chi connectivity index (χ4v) is 5.86. The van der Waals surface area contributed by atoms with Gasteiger partial charge in [0, 0.05) is 55.6 Å². The summed E-state index contributed by atoms with van der Waals surface area (Å²) in [7, 11) is 0. The number of halogens is 3. The monoisotopic (exact) mass is 496 g/mol. The number of rotatable bonds is 5. The fraction of sp³-hybridized carbons (Fsp3) is 0.625. The van der Waals surface area contributed by atoms with E-state index in [2.05, 4.69) is 20.1 Å². The smallest absolute Gasteiger partial charge is 0.128 e. The highest BCUT2D eigenvalue weighted by atomic mass is 35.5. The van der Waals surface area contributed by atoms with Crippen molar-refractivity contribution in [2.24, 2.45) is 23.3 Å². The summed E-state index contributed by atoms with van der Waals surface area (Å²) in [5.74, 6) is 1.56. The molecule has 0 radical (unpaired) electrons. The summed E-state index contributed by atoms with van der Waals surface area (Å²) in [6, 6.07) is 4.03. The van der Waals surface area contributed by atoms with Gasteiger partial charge >= 0.3 is 0 Å². The Morgan fingerprint density at radius 3 is 2.70 bits per heavy atom. The maximum absolute atomic E-state index is 14.4. The molecule has 6 nitrogen and oxygen atoms in total. The fourth-order valence-electron chi connectivity index (χ4n) is 5.11. The minimum absolute atomic E-state index is 0.0480. The van der Waals surface area contributed by atoms with Crippen molar-refractivity contribution in [3.63, 3.8) is 0 Å². The van der Waals surface area contributed by atoms with E-state index >= 15 is 0 Å². The van der Waals surface area contributed by atoms with Crippen LogP contribution in [0.1, 0.15) is 38.2 Å². The van der Waals surface area contributed by atoms with Gasteiger partial charge in [0.05, 0.1) is 11.1 Å². The second-order valence-corrected chi connectivity index (χ2v) is 10.5. The zero-order valence-electron chi connectivity index (χ0n) is 19.2. The number of nitrogens with two attached hydrogens (primary N) is 2. The molecular weight excluding hydrogens is 462 g/mol. The number of nitrogens with one attached hydrogen (secondary N) is 1. The van der Waals surface area contributed by atoms with Crippen molar-refractivity contribution in [1.29, 1.82) is 0 Å². The summed E-state index contributed by atoms with van der Waals surface area (Å²) in [6.45, 7) is 6.23. The molecule has 1 aromatic rings. The minimum Gasteiger partial charge on any atom is -0.398 e. The van der Waals surface area contributed by atoms with Crippen LogP contribution < -0.4 is 21.7 Å². The molecule has 2 fully saturated rings. The standard InChI is InChI=1S/C24H35Cl2FN6/c1-15-17(18(25)5-6-19(27)23(15)26)14-33-11-8-30-24(29)21(33)12-20(28)16-4-7-22(31-13-16)32-9-2-3-10-32/h4,7,12-13,15,17-19,23,30H,2-3,5-6,8-11,14,28-29H2,1H3/b20-12-. The highest BCUT2D eigenvalue weighted by molar-refractivity contribution is 6.22. The molecule has 3 heterocycles. The maximum Gasteiger partial charge on any atom is 0.128 e. The molecule has 5 N–H and O–H groups in total. The van der Waals surface area contributed by atoms with E-state index in [-0.39, 0.29) is 17.2 Å². The minimum atomic E-state index is -1.03. The first-order chi connectivity index (χ1) is 15.8. The van der Waals surface area contributed by atoms with Gasteiger partial charge in [-0.3, -0.25) is 0 Å². The Hall–Kier alpha value is -1.86. The second-order valence-electron chi connectivity index (χ2n) is 9.45. The summed E-state index contributed by atoms with van der Waals surface area (Å²) in [4.78, 5) is 9.10. The van der Waals surface area contributed by atoms with Gasteiger partial charge in [0.15, 0.2) is 0 Å². The van der Waals surface area contributed by atoms with Crippen LogP contribution in [-0.2, 0) is 0 Å². The van der Waals surface area contributed by atoms with Crippen LogP contribution in [-0.4, -0.2) is 59.5 Å². The van der Waals surface area contributed by atoms with Gasteiger partial charge in [0.2, 0.25) is 0 Å². The topological polar surface area (TPSA) is 83.4 Å². The Bertz CT molecular complexity index is 870. The van der Waals surface area contributed by atoms with Crippen molar-refractivity contribution in [2.75, 3.05) is 37.6 Å². The Kier molecular flexibility index (Phi) is 7.80. The molecule has 2 aliphatic heterocycles. The number of alkyl halides is 3. The van der Waals surface area contributed by atoms with Gasteiger partial charge in [0.1, 0.15) is 17.8 Å². The summed E-state index contributed by atoms with van der Waals surface area (Å²) in [5.41, 5.74) is 15.1. The van der Waals surface area contributed by atoms with Crippen LogP contribution in [0.3, 0.4) is 0 Å². The van der Waals surface area contributed by atoms with Gasteiger partial charge in [-0.15, -0.1) is 23.2 Å². The Balaban J connectivity index is 1.53. The van der Waals surface area contributed by atoms with E-state index in [9.17, 15) is 4.39 Å². The summed E-state index contributed by atoms with van der Waals surface area (Å²) < 4.78 is 14.4. The molecule has 182 valence electrons. The van der Waals surface area contributed by atoms with Crippen molar-refractivity contribution >= 4 is 34.7 Å². The van der Waals surface area contributed by atoms with E-state index in [1.165, 1.54) is 12.8 Å². The van der Waals surface area contributed by atoms with Crippen molar-refractivity contribution in [1.82, 2.24) is 15.2 Å². The molecular formula is C24H35Cl2FN6. The summed E-state index contributed by atoms with van der Waals surface area (Å²) >= 11 is 13.2. The third-order valence-corrected chi connectivity index (χ3v) is 8.47. The lowest BCUT2D eigenvalue weighted by Crippen LogP contribution is -2.46. The largest absolute Gasteiger partial charge is 0.398 e. The third kappa shape index (κ3) is 5.46. The highest BCUT2D eigenvalue weighted by Gasteiger charge is 2.39. The summed E-state index contributed by atoms with van der Waals surface area (Å²) in [6.07, 6.45) is 6.13. The number of aromatic nitrogens is 1. The zero-order valence-corrected chi connectivity index (χ0v) is 20.7. The Morgan fingerprint density at radius 1 is 1.24 bits per heavy atom. The SMILES string of the molecule is CC1C(Cl)C(F)CCC(Cl)C1CN1CCNC(N)=C1/C=C(\N)c1ccc(N2CCCC2)nc1. The van der Waals surface area contributed by atoms with Crippen LogP contribution in [0.4, 0.5) is 10.2 Å². The summed E-state index contributed by atoms with van der Waals surface area (Å²) in [5, 5.41) is 2.56. The molecule has 4 rings (SSSR count). The third-order valence-electron chi connectivity index (χ3n) is 7.25. The first kappa shape index (κ1) is 24.3. The second kappa shape index (κ2) is 10.6. The number of anilines is 1. The molecule has 1 saturated heterocycles. The van der Waals surface area contributed by atoms with Crippen molar-refractivity contribution in [2.45, 2.75) is 49.5 Å². The number of hydrogen-bond donors (Lipinski definition) is 3. The van der Waals surface area contributed by atoms with Gasteiger partial charge in [-0.05, 0) is 55.7 Å². The van der Waals surface area contributed by atoms with Gasteiger partial charge in [-0.2, -0.15) is 0 Å². The van der Waals surface area contributed by atoms with Crippen LogP contribution >= 0.6 is 23.2 Å². The first-order valence-electron chi connectivity index (χ1n) is 11.9. The van der Waals surface area contributed by atoms with Crippen molar-refractivity contribution < 1.29 is 4.39 Å². The van der Waals surface area contributed by atoms with E-state index in [4.69, 9.17) is 34.7 Å². The van der Waals surface area contributed by atoms with Crippen LogP contribution in [0.2, 0.25) is 0 Å². The predicted octanol–water partition coefficient (Wildman–Crippen LogP) is 3.61. The zero-order chi connectivity index (χ0) is 23.5. The van der Waals surface area contributed by atoms with Crippen molar-refractivity contribution in [3.05, 3.63) is 41.5 Å². The van der Waals surface area contributed by atoms with E-state index in [0.29, 0.717) is 30.9 Å². The molecule has 1 saturated carbocycles. The molecule has 1 aromatic heterocycles. The van der Waals surface area contributed by atoms with E-state index < -0.39 is 11.5 Å². The first-order valence-corrected chi connectivity index (χ1v) is 12.8. The van der Waals surface area contributed by atoms with Gasteiger partial charge < -0.3 is 26.6 Å². The lowest BCUT2D eigenvalue weighted by atomic mass is 9.87. The normalized spacial score (nSPS) is 31.5. The van der Waals surface area contributed by atoms with Crippen LogP contribution in [0.25, 0.3) is 5.70 Å². The molecule has 1 aliphatic carbocycles. The molecule has 0 amide bonds. The number of pyridine rings is 1. The van der Waals surface area contributed by atoms with E-state index in [1.807, 2.05) is 31.3 Å². The van der Waals surface area contributed by atoms with Gasteiger partial charge in [0.25, 0.3) is 0 Å². The molecule has 5 atom stereocenters. The van der Waals surface area contributed by atoms with Crippen molar-refractivity contribution in [3.8, 4) is 0 Å². The molecule has 0 aromatic carbocycles.